The Balaban J connectivity index is 2.13. The highest BCUT2D eigenvalue weighted by Crippen LogP contribution is 2.36. The number of nitrogens with zero attached hydrogens (tertiary/aromatic N) is 1. The third kappa shape index (κ3) is 2.40. The summed E-state index contributed by atoms with van der Waals surface area (Å²) in [7, 11) is -3.78. The van der Waals surface area contributed by atoms with Gasteiger partial charge in [0.15, 0.2) is 0 Å². The number of hydrogen-bond acceptors (Lipinski definition) is 3. The summed E-state index contributed by atoms with van der Waals surface area (Å²) < 4.78 is 27.6. The van der Waals surface area contributed by atoms with Gasteiger partial charge in [-0.3, -0.25) is 4.31 Å². The molecule has 0 aliphatic carbocycles. The number of fused-ring (bicyclic) bond motifs is 1. The first kappa shape index (κ1) is 15.1. The molecule has 22 heavy (non-hydrogen) atoms. The highest BCUT2D eigenvalue weighted by Gasteiger charge is 2.34. The van der Waals surface area contributed by atoms with Gasteiger partial charge < -0.3 is 5.11 Å². The van der Waals surface area contributed by atoms with Crippen molar-refractivity contribution in [3.05, 3.63) is 58.1 Å². The second kappa shape index (κ2) is 5.40. The minimum atomic E-state index is -3.78. The summed E-state index contributed by atoms with van der Waals surface area (Å²) in [6.07, 6.45) is 0.506. The Bertz CT molecular complexity index is 846. The van der Waals surface area contributed by atoms with E-state index in [-0.39, 0.29) is 22.7 Å². The average molecular weight is 382 g/mol. The molecule has 2 aromatic carbocycles. The molecule has 1 heterocycles. The number of halogens is 1. The molecule has 1 aliphatic heterocycles. The number of aromatic carboxylic acids is 1. The maximum atomic E-state index is 12.8. The zero-order valence-corrected chi connectivity index (χ0v) is 13.8. The van der Waals surface area contributed by atoms with Crippen LogP contribution in [0.2, 0.25) is 0 Å². The van der Waals surface area contributed by atoms with Crippen molar-refractivity contribution < 1.29 is 18.3 Å². The van der Waals surface area contributed by atoms with Crippen LogP contribution in [0.15, 0.2) is 51.8 Å². The van der Waals surface area contributed by atoms with Crippen LogP contribution in [0.4, 0.5) is 5.69 Å². The van der Waals surface area contributed by atoms with Crippen LogP contribution in [-0.4, -0.2) is 26.0 Å². The summed E-state index contributed by atoms with van der Waals surface area (Å²) >= 11 is 3.27. The third-order valence-corrected chi connectivity index (χ3v) is 5.93. The molecule has 3 rings (SSSR count). The van der Waals surface area contributed by atoms with Crippen molar-refractivity contribution >= 4 is 37.6 Å². The number of carboxylic acids is 1. The topological polar surface area (TPSA) is 74.7 Å². The molecule has 0 spiro atoms. The van der Waals surface area contributed by atoms with Gasteiger partial charge in [0.25, 0.3) is 10.0 Å². The van der Waals surface area contributed by atoms with Crippen molar-refractivity contribution in [1.82, 2.24) is 0 Å². The quantitative estimate of drug-likeness (QED) is 0.886. The van der Waals surface area contributed by atoms with Crippen LogP contribution in [0.3, 0.4) is 0 Å². The maximum Gasteiger partial charge on any atom is 0.337 e. The van der Waals surface area contributed by atoms with E-state index in [0.717, 1.165) is 10.0 Å². The van der Waals surface area contributed by atoms with Gasteiger partial charge in [-0.25, -0.2) is 13.2 Å². The number of benzene rings is 2. The van der Waals surface area contributed by atoms with E-state index in [1.54, 1.807) is 24.3 Å². The lowest BCUT2D eigenvalue weighted by atomic mass is 10.1. The van der Waals surface area contributed by atoms with Crippen LogP contribution < -0.4 is 4.31 Å². The molecule has 0 saturated carbocycles. The van der Waals surface area contributed by atoms with Crippen LogP contribution in [0, 0.1) is 0 Å². The Hall–Kier alpha value is -1.86. The van der Waals surface area contributed by atoms with E-state index in [0.29, 0.717) is 6.42 Å². The van der Waals surface area contributed by atoms with E-state index in [4.69, 9.17) is 0 Å². The SMILES string of the molecule is O=C(O)c1cccc2c1N(S(=O)(=O)c1ccc(Br)cc1)CC2. The second-order valence-corrected chi connectivity index (χ2v) is 7.68. The molecule has 0 unspecified atom stereocenters. The summed E-state index contributed by atoms with van der Waals surface area (Å²) in [6.45, 7) is 0.248. The molecule has 2 aromatic rings. The number of carboxylic acid groups (broad SMARTS) is 1. The zero-order valence-electron chi connectivity index (χ0n) is 11.4. The molecule has 0 bridgehead atoms. The van der Waals surface area contributed by atoms with Gasteiger partial charge >= 0.3 is 5.97 Å². The Morgan fingerprint density at radius 2 is 1.82 bits per heavy atom. The van der Waals surface area contributed by atoms with E-state index in [9.17, 15) is 18.3 Å². The normalized spacial score (nSPS) is 14.0. The number of rotatable bonds is 3. The fourth-order valence-electron chi connectivity index (χ4n) is 2.57. The number of sulfonamides is 1. The standard InChI is InChI=1S/C15H12BrNO4S/c16-11-4-6-12(7-5-11)22(20,21)17-9-8-10-2-1-3-13(14(10)17)15(18)19/h1-7H,8-9H2,(H,18,19). The van der Waals surface area contributed by atoms with Crippen LogP contribution in [-0.2, 0) is 16.4 Å². The van der Waals surface area contributed by atoms with Crippen molar-refractivity contribution in [3.8, 4) is 0 Å². The van der Waals surface area contributed by atoms with E-state index >= 15 is 0 Å². The molecule has 1 N–H and O–H groups in total. The Morgan fingerprint density at radius 3 is 2.45 bits per heavy atom. The maximum absolute atomic E-state index is 12.8. The molecular formula is C15H12BrNO4S. The van der Waals surface area contributed by atoms with Gasteiger partial charge in [0.05, 0.1) is 16.1 Å². The predicted molar refractivity (Wildman–Crippen MR) is 85.8 cm³/mol. The van der Waals surface area contributed by atoms with Crippen LogP contribution in [0.5, 0.6) is 0 Å². The average Bonchev–Trinajstić information content (AvgIpc) is 2.92. The Morgan fingerprint density at radius 1 is 1.14 bits per heavy atom. The van der Waals surface area contributed by atoms with Gasteiger partial charge in [0.2, 0.25) is 0 Å². The first-order valence-electron chi connectivity index (χ1n) is 6.55. The molecular weight excluding hydrogens is 370 g/mol. The van der Waals surface area contributed by atoms with E-state index in [1.807, 2.05) is 0 Å². The van der Waals surface area contributed by atoms with Gasteiger partial charge in [-0.1, -0.05) is 28.1 Å². The molecule has 0 amide bonds. The summed E-state index contributed by atoms with van der Waals surface area (Å²) in [4.78, 5) is 11.5. The van der Waals surface area contributed by atoms with Crippen molar-refractivity contribution in [3.63, 3.8) is 0 Å². The predicted octanol–water partition coefficient (Wildman–Crippen LogP) is 2.90. The molecule has 0 radical (unpaired) electrons. The lowest BCUT2D eigenvalue weighted by Gasteiger charge is -2.21. The second-order valence-electron chi connectivity index (χ2n) is 4.90. The number of carbonyl (C=O) groups is 1. The molecule has 0 atom stereocenters. The minimum Gasteiger partial charge on any atom is -0.478 e. The van der Waals surface area contributed by atoms with Crippen LogP contribution in [0.25, 0.3) is 0 Å². The lowest BCUT2D eigenvalue weighted by molar-refractivity contribution is 0.0698. The van der Waals surface area contributed by atoms with E-state index in [2.05, 4.69) is 15.9 Å². The van der Waals surface area contributed by atoms with Gasteiger partial charge in [0, 0.05) is 11.0 Å². The van der Waals surface area contributed by atoms with Crippen molar-refractivity contribution in [2.45, 2.75) is 11.3 Å². The molecule has 0 saturated heterocycles. The molecule has 0 aromatic heterocycles. The largest absolute Gasteiger partial charge is 0.478 e. The summed E-state index contributed by atoms with van der Waals surface area (Å²) in [5.41, 5.74) is 1.02. The fraction of sp³-hybridized carbons (Fsp3) is 0.133. The number of anilines is 1. The summed E-state index contributed by atoms with van der Waals surface area (Å²) in [6, 6.07) is 11.1. The Kier molecular flexibility index (Phi) is 3.70. The van der Waals surface area contributed by atoms with E-state index in [1.165, 1.54) is 22.5 Å². The molecule has 7 heteroatoms. The number of para-hydroxylation sites is 1. The smallest absolute Gasteiger partial charge is 0.337 e. The summed E-state index contributed by atoms with van der Waals surface area (Å²) in [5, 5.41) is 9.31. The van der Waals surface area contributed by atoms with Crippen molar-refractivity contribution in [1.29, 1.82) is 0 Å². The monoisotopic (exact) mass is 381 g/mol. The van der Waals surface area contributed by atoms with E-state index < -0.39 is 16.0 Å². The van der Waals surface area contributed by atoms with Crippen LogP contribution >= 0.6 is 15.9 Å². The third-order valence-electron chi connectivity index (χ3n) is 3.59. The highest BCUT2D eigenvalue weighted by atomic mass is 79.9. The first-order chi connectivity index (χ1) is 10.4. The van der Waals surface area contributed by atoms with Gasteiger partial charge in [-0.05, 0) is 42.3 Å². The van der Waals surface area contributed by atoms with Crippen molar-refractivity contribution in [2.75, 3.05) is 10.8 Å². The fourth-order valence-corrected chi connectivity index (χ4v) is 4.35. The first-order valence-corrected chi connectivity index (χ1v) is 8.78. The Labute approximate surface area is 136 Å². The lowest BCUT2D eigenvalue weighted by Crippen LogP contribution is -2.30. The van der Waals surface area contributed by atoms with Crippen molar-refractivity contribution in [2.24, 2.45) is 0 Å². The molecule has 114 valence electrons. The minimum absolute atomic E-state index is 0.00990. The van der Waals surface area contributed by atoms with Gasteiger partial charge in [-0.2, -0.15) is 0 Å². The zero-order chi connectivity index (χ0) is 15.9. The highest BCUT2D eigenvalue weighted by molar-refractivity contribution is 9.10. The van der Waals surface area contributed by atoms with Crippen LogP contribution in [0.1, 0.15) is 15.9 Å². The van der Waals surface area contributed by atoms with Gasteiger partial charge in [-0.15, -0.1) is 0 Å². The summed E-state index contributed by atoms with van der Waals surface area (Å²) in [5.74, 6) is -1.13. The molecule has 5 nitrogen and oxygen atoms in total. The number of hydrogen-bond donors (Lipinski definition) is 1. The molecule has 1 aliphatic rings. The molecule has 0 fully saturated rings. The van der Waals surface area contributed by atoms with Gasteiger partial charge in [0.1, 0.15) is 0 Å².